The van der Waals surface area contributed by atoms with E-state index in [2.05, 4.69) is 4.99 Å². The monoisotopic (exact) mass is 724 g/mol. The summed E-state index contributed by atoms with van der Waals surface area (Å²) < 4.78 is 17.1. The van der Waals surface area contributed by atoms with Crippen LogP contribution in [0.2, 0.25) is 0 Å². The molecule has 3 aliphatic rings. The Morgan fingerprint density at radius 2 is 1.22 bits per heavy atom. The second-order valence-electron chi connectivity index (χ2n) is 16.0. The average molecular weight is 725 g/mol. The zero-order valence-electron chi connectivity index (χ0n) is 31.0. The predicted molar refractivity (Wildman–Crippen MR) is 189 cm³/mol. The van der Waals surface area contributed by atoms with Crippen molar-refractivity contribution in [3.8, 4) is 0 Å². The van der Waals surface area contributed by atoms with E-state index in [0.29, 0.717) is 45.1 Å². The summed E-state index contributed by atoms with van der Waals surface area (Å²) in [4.78, 5) is 56.4. The quantitative estimate of drug-likeness (QED) is 0.0342. The summed E-state index contributed by atoms with van der Waals surface area (Å²) in [7, 11) is 0. The van der Waals surface area contributed by atoms with Gasteiger partial charge in [-0.25, -0.2) is 0 Å². The number of guanidine groups is 1. The Morgan fingerprint density at radius 3 is 1.67 bits per heavy atom. The van der Waals surface area contributed by atoms with Gasteiger partial charge in [0.1, 0.15) is 11.8 Å². The number of esters is 3. The third-order valence-electron chi connectivity index (χ3n) is 11.4. The molecule has 0 aliphatic heterocycles. The van der Waals surface area contributed by atoms with Crippen molar-refractivity contribution >= 4 is 29.7 Å². The number of hydrogen-bond donors (Lipinski definition) is 6. The molecule has 3 rings (SSSR count). The highest BCUT2D eigenvalue weighted by Gasteiger charge is 2.56. The summed E-state index contributed by atoms with van der Waals surface area (Å²) in [5.41, 5.74) is 16.8. The van der Waals surface area contributed by atoms with Crippen LogP contribution in [0.3, 0.4) is 0 Å². The molecule has 3 saturated carbocycles. The fraction of sp³-hybridized carbons (Fsp3) is 0.865. The van der Waals surface area contributed by atoms with Crippen LogP contribution in [0.25, 0.3) is 0 Å². The molecule has 0 saturated heterocycles. The van der Waals surface area contributed by atoms with E-state index in [1.807, 2.05) is 27.7 Å². The van der Waals surface area contributed by atoms with Crippen LogP contribution < -0.4 is 17.2 Å². The molecule has 9 N–H and O–H groups in total. The summed E-state index contributed by atoms with van der Waals surface area (Å²) in [6.45, 7) is 7.67. The average Bonchev–Trinajstić information content (AvgIpc) is 3.73. The summed E-state index contributed by atoms with van der Waals surface area (Å²) in [6, 6.07) is -0.879. The van der Waals surface area contributed by atoms with Gasteiger partial charge in [-0.2, -0.15) is 0 Å². The maximum Gasteiger partial charge on any atom is 0.322 e. The Morgan fingerprint density at radius 1 is 0.745 bits per heavy atom. The summed E-state index contributed by atoms with van der Waals surface area (Å²) in [5.74, 6) is -4.19. The van der Waals surface area contributed by atoms with E-state index in [9.17, 15) is 34.5 Å². The van der Waals surface area contributed by atoms with Crippen LogP contribution in [0.4, 0.5) is 0 Å². The lowest BCUT2D eigenvalue weighted by molar-refractivity contribution is -0.151. The van der Waals surface area contributed by atoms with Crippen LogP contribution in [0, 0.1) is 71.0 Å². The fourth-order valence-corrected chi connectivity index (χ4v) is 9.09. The molecule has 11 atom stereocenters. The zero-order valence-corrected chi connectivity index (χ0v) is 31.0. The minimum Gasteiger partial charge on any atom is -0.465 e. The second kappa shape index (κ2) is 20.4. The molecule has 0 aromatic carbocycles. The van der Waals surface area contributed by atoms with Crippen molar-refractivity contribution in [3.05, 3.63) is 0 Å². The number of nitrogens with two attached hydrogens (primary N) is 3. The number of ether oxygens (including phenoxy) is 3. The number of rotatable bonds is 20. The molecular formula is C37H64N4O10. The smallest absolute Gasteiger partial charge is 0.322 e. The number of aliphatic hydroxyl groups excluding tert-OH is 3. The first-order chi connectivity index (χ1) is 24.2. The van der Waals surface area contributed by atoms with Crippen LogP contribution in [0.1, 0.15) is 79.1 Å². The molecule has 14 heteroatoms. The summed E-state index contributed by atoms with van der Waals surface area (Å²) >= 11 is 0. The van der Waals surface area contributed by atoms with Gasteiger partial charge in [0.2, 0.25) is 0 Å². The Kier molecular flexibility index (Phi) is 17.1. The highest BCUT2D eigenvalue weighted by molar-refractivity contribution is 5.86. The SMILES string of the molecule is CC(C)CC(=O)OC[C@@H]1C(C2CCC(C3[C@@H](CO)C[C@@H](COC(=O)[C@@H](N)CCCN=C(N)N)[C@H]3COC(=O)CC(C)C)C2=O)[C@H](CO)C[C@@H]1CO. The zero-order chi connectivity index (χ0) is 37.8. The van der Waals surface area contributed by atoms with Crippen LogP contribution in [-0.4, -0.2) is 97.2 Å². The highest BCUT2D eigenvalue weighted by atomic mass is 16.5. The molecule has 4 unspecified atom stereocenters. The Hall–Kier alpha value is -2.81. The van der Waals surface area contributed by atoms with E-state index in [1.165, 1.54) is 0 Å². The van der Waals surface area contributed by atoms with Gasteiger partial charge in [0.15, 0.2) is 5.96 Å². The van der Waals surface area contributed by atoms with Crippen LogP contribution in [0.15, 0.2) is 4.99 Å². The lowest BCUT2D eigenvalue weighted by Crippen LogP contribution is -2.39. The van der Waals surface area contributed by atoms with Gasteiger partial charge in [-0.15, -0.1) is 0 Å². The molecule has 0 radical (unpaired) electrons. The normalized spacial score (nSPS) is 31.2. The molecule has 0 bridgehead atoms. The van der Waals surface area contributed by atoms with Crippen molar-refractivity contribution < 1.29 is 48.7 Å². The molecule has 0 aromatic rings. The predicted octanol–water partition coefficient (Wildman–Crippen LogP) is 1.40. The maximum atomic E-state index is 14.5. The summed E-state index contributed by atoms with van der Waals surface area (Å²) in [5, 5.41) is 31.3. The van der Waals surface area contributed by atoms with Gasteiger partial charge < -0.3 is 46.7 Å². The van der Waals surface area contributed by atoms with Crippen molar-refractivity contribution in [1.29, 1.82) is 0 Å². The lowest BCUT2D eigenvalue weighted by atomic mass is 9.73. The van der Waals surface area contributed by atoms with Crippen LogP contribution >= 0.6 is 0 Å². The van der Waals surface area contributed by atoms with Crippen LogP contribution in [0.5, 0.6) is 0 Å². The molecule has 0 aromatic heterocycles. The van der Waals surface area contributed by atoms with Gasteiger partial charge in [0.05, 0.1) is 19.8 Å². The number of ketones is 1. The van der Waals surface area contributed by atoms with E-state index in [-0.39, 0.29) is 135 Å². The van der Waals surface area contributed by atoms with Gasteiger partial charge in [0, 0.05) is 62.9 Å². The number of carbonyl (C=O) groups excluding carboxylic acids is 4. The Balaban J connectivity index is 1.80. The number of aliphatic hydroxyl groups is 3. The van der Waals surface area contributed by atoms with Gasteiger partial charge in [-0.05, 0) is 85.9 Å². The molecule has 0 spiro atoms. The highest BCUT2D eigenvalue weighted by Crippen LogP contribution is 2.55. The van der Waals surface area contributed by atoms with Crippen molar-refractivity contribution in [1.82, 2.24) is 0 Å². The van der Waals surface area contributed by atoms with Gasteiger partial charge in [-0.1, -0.05) is 27.7 Å². The third kappa shape index (κ3) is 11.8. The maximum absolute atomic E-state index is 14.5. The van der Waals surface area contributed by atoms with Gasteiger partial charge >= 0.3 is 17.9 Å². The van der Waals surface area contributed by atoms with E-state index in [4.69, 9.17) is 31.4 Å². The largest absolute Gasteiger partial charge is 0.465 e. The first-order valence-electron chi connectivity index (χ1n) is 18.9. The Labute approximate surface area is 302 Å². The molecule has 0 heterocycles. The molecular weight excluding hydrogens is 660 g/mol. The van der Waals surface area contributed by atoms with E-state index < -0.39 is 23.8 Å². The first-order valence-corrected chi connectivity index (χ1v) is 18.9. The molecule has 292 valence electrons. The van der Waals surface area contributed by atoms with Gasteiger partial charge in [-0.3, -0.25) is 24.2 Å². The fourth-order valence-electron chi connectivity index (χ4n) is 9.09. The molecule has 3 fully saturated rings. The van der Waals surface area contributed by atoms with E-state index in [1.54, 1.807) is 0 Å². The van der Waals surface area contributed by atoms with Crippen LogP contribution in [-0.2, 0) is 33.4 Å². The van der Waals surface area contributed by atoms with E-state index >= 15 is 0 Å². The topological polar surface area (TPSA) is 247 Å². The second-order valence-corrected chi connectivity index (χ2v) is 16.0. The molecule has 0 amide bonds. The number of hydrogen-bond acceptors (Lipinski definition) is 12. The number of carbonyl (C=O) groups is 4. The summed E-state index contributed by atoms with van der Waals surface area (Å²) in [6.07, 6.45) is 3.42. The van der Waals surface area contributed by atoms with Gasteiger partial charge in [0.25, 0.3) is 0 Å². The van der Waals surface area contributed by atoms with Crippen molar-refractivity contribution in [2.45, 2.75) is 85.1 Å². The van der Waals surface area contributed by atoms with Crippen molar-refractivity contribution in [2.24, 2.45) is 93.2 Å². The molecule has 3 aliphatic carbocycles. The molecule has 14 nitrogen and oxygen atoms in total. The van der Waals surface area contributed by atoms with E-state index in [0.717, 1.165) is 0 Å². The lowest BCUT2D eigenvalue weighted by Gasteiger charge is -2.33. The third-order valence-corrected chi connectivity index (χ3v) is 11.4. The van der Waals surface area contributed by atoms with Crippen molar-refractivity contribution in [2.75, 3.05) is 46.2 Å². The standard InChI is InChI=1S/C37H64N4O10/c1-20(2)10-31(45)49-18-28-22(14-42)12-23(15-43)33(28)26-7-8-27(35(26)47)34-24(16-44)13-25(29(34)19-50-32(46)11-21(3)4)17-51-36(48)30(38)6-5-9-41-37(39)40/h20-30,33-34,42-44H,5-19,38H2,1-4H3,(H4,39,40,41)/t22-,23+,24-,25+,26?,27?,28+,29-,30+,33?,34?/m1/s1. The minimum atomic E-state index is -0.879. The number of Topliss-reactive ketones (excluding diaryl/α,β-unsaturated/α-hetero) is 1. The number of nitrogens with zero attached hydrogens (tertiary/aromatic N) is 1. The number of aliphatic imine (C=N–C) groups is 1. The van der Waals surface area contributed by atoms with Crippen molar-refractivity contribution in [3.63, 3.8) is 0 Å². The Bertz CT molecular complexity index is 1180. The first kappa shape index (κ1) is 42.6. The minimum absolute atomic E-state index is 0.00137. The molecule has 51 heavy (non-hydrogen) atoms.